The van der Waals surface area contributed by atoms with Crippen LogP contribution in [-0.4, -0.2) is 22.2 Å². The maximum absolute atomic E-state index is 11.7. The number of aromatic nitrogens is 2. The number of aryl methyl sites for hydroxylation is 2. The van der Waals surface area contributed by atoms with Crippen LogP contribution in [-0.2, 0) is 7.05 Å². The molecule has 0 aromatic carbocycles. The molecule has 84 valence electrons. The predicted octanol–water partition coefficient (Wildman–Crippen LogP) is 1.65. The first-order valence-electron chi connectivity index (χ1n) is 5.43. The molecule has 0 fully saturated rings. The number of unbranched alkanes of at least 4 members (excludes halogenated alkanes) is 2. The molecule has 1 aromatic rings. The van der Waals surface area contributed by atoms with Gasteiger partial charge in [-0.3, -0.25) is 9.48 Å². The summed E-state index contributed by atoms with van der Waals surface area (Å²) < 4.78 is 1.66. The third-order valence-electron chi connectivity index (χ3n) is 2.32. The summed E-state index contributed by atoms with van der Waals surface area (Å²) in [5.41, 5.74) is 1.46. The number of carbonyl (C=O) groups excluding carboxylic acids is 1. The summed E-state index contributed by atoms with van der Waals surface area (Å²) >= 11 is 0. The van der Waals surface area contributed by atoms with Crippen LogP contribution in [0.5, 0.6) is 0 Å². The van der Waals surface area contributed by atoms with Crippen LogP contribution in [0.3, 0.4) is 0 Å². The van der Waals surface area contributed by atoms with Gasteiger partial charge in [-0.2, -0.15) is 5.10 Å². The van der Waals surface area contributed by atoms with Crippen LogP contribution in [0.15, 0.2) is 6.20 Å². The van der Waals surface area contributed by atoms with E-state index in [1.54, 1.807) is 10.9 Å². The van der Waals surface area contributed by atoms with E-state index in [1.807, 2.05) is 14.0 Å². The fourth-order valence-corrected chi connectivity index (χ4v) is 1.49. The minimum absolute atomic E-state index is 0.0169. The average molecular weight is 209 g/mol. The van der Waals surface area contributed by atoms with Gasteiger partial charge in [0.25, 0.3) is 5.91 Å². The van der Waals surface area contributed by atoms with E-state index in [0.717, 1.165) is 25.1 Å². The van der Waals surface area contributed by atoms with E-state index >= 15 is 0 Å². The molecule has 0 atom stereocenters. The molecule has 1 amide bonds. The highest BCUT2D eigenvalue weighted by Gasteiger charge is 2.10. The molecule has 0 aliphatic heterocycles. The highest BCUT2D eigenvalue weighted by Crippen LogP contribution is 2.04. The van der Waals surface area contributed by atoms with Crippen molar-refractivity contribution in [2.24, 2.45) is 7.05 Å². The van der Waals surface area contributed by atoms with E-state index in [9.17, 15) is 4.79 Å². The summed E-state index contributed by atoms with van der Waals surface area (Å²) in [6, 6.07) is 0. The largest absolute Gasteiger partial charge is 0.352 e. The van der Waals surface area contributed by atoms with Crippen molar-refractivity contribution < 1.29 is 4.79 Å². The first kappa shape index (κ1) is 11.8. The maximum atomic E-state index is 11.7. The number of nitrogens with one attached hydrogen (secondary N) is 1. The molecule has 1 aromatic heterocycles. The quantitative estimate of drug-likeness (QED) is 0.749. The van der Waals surface area contributed by atoms with Crippen molar-refractivity contribution in [3.8, 4) is 0 Å². The Morgan fingerprint density at radius 1 is 1.53 bits per heavy atom. The van der Waals surface area contributed by atoms with E-state index < -0.39 is 0 Å². The van der Waals surface area contributed by atoms with Crippen molar-refractivity contribution >= 4 is 5.91 Å². The molecule has 1 N–H and O–H groups in total. The average Bonchev–Trinajstić information content (AvgIpc) is 2.52. The summed E-state index contributed by atoms with van der Waals surface area (Å²) in [4.78, 5) is 11.7. The van der Waals surface area contributed by atoms with Crippen LogP contribution in [0.1, 0.15) is 42.2 Å². The Balaban J connectivity index is 2.43. The summed E-state index contributed by atoms with van der Waals surface area (Å²) in [5.74, 6) is -0.0169. The van der Waals surface area contributed by atoms with Gasteiger partial charge >= 0.3 is 0 Å². The maximum Gasteiger partial charge on any atom is 0.254 e. The molecule has 0 aliphatic carbocycles. The van der Waals surface area contributed by atoms with Crippen LogP contribution >= 0.6 is 0 Å². The molecule has 0 bridgehead atoms. The number of carbonyl (C=O) groups is 1. The molecule has 15 heavy (non-hydrogen) atoms. The topological polar surface area (TPSA) is 46.9 Å². The van der Waals surface area contributed by atoms with Gasteiger partial charge in [0.05, 0.1) is 11.3 Å². The van der Waals surface area contributed by atoms with Crippen LogP contribution in [0.2, 0.25) is 0 Å². The second-order valence-electron chi connectivity index (χ2n) is 3.76. The molecule has 4 nitrogen and oxygen atoms in total. The summed E-state index contributed by atoms with van der Waals surface area (Å²) in [7, 11) is 1.82. The van der Waals surface area contributed by atoms with Gasteiger partial charge in [0.2, 0.25) is 0 Å². The van der Waals surface area contributed by atoms with Gasteiger partial charge in [-0.15, -0.1) is 0 Å². The van der Waals surface area contributed by atoms with Crippen LogP contribution < -0.4 is 5.32 Å². The van der Waals surface area contributed by atoms with E-state index in [1.165, 1.54) is 6.42 Å². The number of hydrogen-bond acceptors (Lipinski definition) is 2. The molecule has 0 spiro atoms. The third kappa shape index (κ3) is 3.38. The SMILES string of the molecule is CCCCCNC(=O)c1cn(C)nc1C. The highest BCUT2D eigenvalue weighted by atomic mass is 16.1. The number of amides is 1. The standard InChI is InChI=1S/C11H19N3O/c1-4-5-6-7-12-11(15)10-8-14(3)13-9(10)2/h8H,4-7H2,1-3H3,(H,12,15). The minimum Gasteiger partial charge on any atom is -0.352 e. The van der Waals surface area contributed by atoms with Gasteiger partial charge in [0.1, 0.15) is 0 Å². The fourth-order valence-electron chi connectivity index (χ4n) is 1.49. The van der Waals surface area contributed by atoms with E-state index in [-0.39, 0.29) is 5.91 Å². The number of nitrogens with zero attached hydrogens (tertiary/aromatic N) is 2. The zero-order valence-corrected chi connectivity index (χ0v) is 9.71. The zero-order valence-electron chi connectivity index (χ0n) is 9.71. The predicted molar refractivity (Wildman–Crippen MR) is 59.8 cm³/mol. The molecule has 0 saturated carbocycles. The lowest BCUT2D eigenvalue weighted by molar-refractivity contribution is 0.0952. The second kappa shape index (κ2) is 5.53. The zero-order chi connectivity index (χ0) is 11.3. The van der Waals surface area contributed by atoms with E-state index in [0.29, 0.717) is 5.56 Å². The van der Waals surface area contributed by atoms with Gasteiger partial charge in [0.15, 0.2) is 0 Å². The van der Waals surface area contributed by atoms with Gasteiger partial charge < -0.3 is 5.32 Å². The lowest BCUT2D eigenvalue weighted by Crippen LogP contribution is -2.24. The Bertz CT molecular complexity index is 331. The summed E-state index contributed by atoms with van der Waals surface area (Å²) in [5, 5.41) is 7.03. The van der Waals surface area contributed by atoms with Gasteiger partial charge in [-0.05, 0) is 13.3 Å². The third-order valence-corrected chi connectivity index (χ3v) is 2.32. The molecule has 0 unspecified atom stereocenters. The molecule has 0 aliphatic rings. The Morgan fingerprint density at radius 2 is 2.27 bits per heavy atom. The molecule has 0 radical (unpaired) electrons. The monoisotopic (exact) mass is 209 g/mol. The van der Waals surface area contributed by atoms with Crippen LogP contribution in [0.4, 0.5) is 0 Å². The molecule has 4 heteroatoms. The van der Waals surface area contributed by atoms with E-state index in [4.69, 9.17) is 0 Å². The first-order valence-corrected chi connectivity index (χ1v) is 5.43. The second-order valence-corrected chi connectivity index (χ2v) is 3.76. The first-order chi connectivity index (χ1) is 7.15. The Labute approximate surface area is 90.7 Å². The van der Waals surface area contributed by atoms with E-state index in [2.05, 4.69) is 17.3 Å². The number of hydrogen-bond donors (Lipinski definition) is 1. The fraction of sp³-hybridized carbons (Fsp3) is 0.636. The lowest BCUT2D eigenvalue weighted by Gasteiger charge is -2.02. The Morgan fingerprint density at radius 3 is 2.80 bits per heavy atom. The smallest absolute Gasteiger partial charge is 0.254 e. The molecular weight excluding hydrogens is 190 g/mol. The van der Waals surface area contributed by atoms with Crippen molar-refractivity contribution in [3.63, 3.8) is 0 Å². The molecule has 1 rings (SSSR count). The van der Waals surface area contributed by atoms with Crippen LogP contribution in [0.25, 0.3) is 0 Å². The molecule has 1 heterocycles. The molecular formula is C11H19N3O. The highest BCUT2D eigenvalue weighted by molar-refractivity contribution is 5.94. The van der Waals surface area contributed by atoms with Gasteiger partial charge in [0, 0.05) is 19.8 Å². The van der Waals surface area contributed by atoms with Gasteiger partial charge in [-0.1, -0.05) is 19.8 Å². The minimum atomic E-state index is -0.0169. The molecule has 0 saturated heterocycles. The lowest BCUT2D eigenvalue weighted by atomic mass is 10.2. The Hall–Kier alpha value is -1.32. The Kier molecular flexibility index (Phi) is 4.34. The summed E-state index contributed by atoms with van der Waals surface area (Å²) in [6.07, 6.45) is 5.13. The normalized spacial score (nSPS) is 10.3. The van der Waals surface area contributed by atoms with Crippen molar-refractivity contribution in [3.05, 3.63) is 17.5 Å². The number of rotatable bonds is 5. The van der Waals surface area contributed by atoms with Crippen LogP contribution in [0, 0.1) is 6.92 Å². The summed E-state index contributed by atoms with van der Waals surface area (Å²) in [6.45, 7) is 4.75. The van der Waals surface area contributed by atoms with Crippen molar-refractivity contribution in [2.75, 3.05) is 6.54 Å². The van der Waals surface area contributed by atoms with Crippen molar-refractivity contribution in [2.45, 2.75) is 33.1 Å². The van der Waals surface area contributed by atoms with Gasteiger partial charge in [-0.25, -0.2) is 0 Å². The van der Waals surface area contributed by atoms with Crippen molar-refractivity contribution in [1.82, 2.24) is 15.1 Å². The van der Waals surface area contributed by atoms with Crippen molar-refractivity contribution in [1.29, 1.82) is 0 Å².